The molecule has 0 fully saturated rings. The molecule has 0 atom stereocenters. The Hall–Kier alpha value is -1.11. The minimum Gasteiger partial charge on any atom is -0.361 e. The second kappa shape index (κ2) is 5.49. The van der Waals surface area contributed by atoms with Gasteiger partial charge in [0.15, 0.2) is 0 Å². The maximum Gasteiger partial charge on any atom is 0.0506 e. The van der Waals surface area contributed by atoms with Crippen molar-refractivity contribution in [3.05, 3.63) is 55.0 Å². The third kappa shape index (κ3) is 2.43. The van der Waals surface area contributed by atoms with Gasteiger partial charge in [0.1, 0.15) is 0 Å². The molecule has 3 N–H and O–H groups in total. The maximum atomic E-state index is 3.30. The average Bonchev–Trinajstić information content (AvgIpc) is 3.02. The molecule has 3 aromatic heterocycles. The van der Waals surface area contributed by atoms with E-state index in [9.17, 15) is 0 Å². The molecule has 5 heteroatoms. The Bertz CT molecular complexity index is 447. The first-order chi connectivity index (χ1) is 7.95. The summed E-state index contributed by atoms with van der Waals surface area (Å²) in [6.07, 6.45) is 5.91. The zero-order chi connectivity index (χ0) is 10.8. The fourth-order valence-corrected chi connectivity index (χ4v) is 3.86. The van der Waals surface area contributed by atoms with Gasteiger partial charge in [0.2, 0.25) is 0 Å². The van der Waals surface area contributed by atoms with Crippen molar-refractivity contribution >= 4 is 24.2 Å². The summed E-state index contributed by atoms with van der Waals surface area (Å²) in [5.41, 5.74) is 3.75. The summed E-state index contributed by atoms with van der Waals surface area (Å²) in [6.45, 7) is 0. The molecule has 1 radical (unpaired) electrons. The van der Waals surface area contributed by atoms with Crippen LogP contribution < -0.4 is 16.3 Å². The van der Waals surface area contributed by atoms with Crippen LogP contribution in [0.2, 0.25) is 0 Å². The molecule has 89 valence electrons. The zero-order valence-electron chi connectivity index (χ0n) is 8.98. The standard InChI is InChI=1S/C12H12N3P.Rh/c1-4-10(13-7-1)16(11-5-2-8-14-11)12-6-3-9-15-12;/h1-9,13-15H;. The van der Waals surface area contributed by atoms with Gasteiger partial charge in [-0.25, -0.2) is 0 Å². The summed E-state index contributed by atoms with van der Waals surface area (Å²) >= 11 is 0. The van der Waals surface area contributed by atoms with Crippen molar-refractivity contribution in [1.82, 2.24) is 15.0 Å². The van der Waals surface area contributed by atoms with Crippen LogP contribution in [-0.4, -0.2) is 15.0 Å². The van der Waals surface area contributed by atoms with E-state index in [1.165, 1.54) is 16.3 Å². The molecule has 3 aromatic rings. The van der Waals surface area contributed by atoms with Crippen LogP contribution in [0.3, 0.4) is 0 Å². The predicted octanol–water partition coefficient (Wildman–Crippen LogP) is 1.43. The Balaban J connectivity index is 0.00000108. The predicted molar refractivity (Wildman–Crippen MR) is 68.2 cm³/mol. The normalized spacial score (nSPS) is 10.4. The van der Waals surface area contributed by atoms with Crippen LogP contribution in [0.1, 0.15) is 0 Å². The number of hydrogen-bond acceptors (Lipinski definition) is 0. The quantitative estimate of drug-likeness (QED) is 0.480. The van der Waals surface area contributed by atoms with Crippen molar-refractivity contribution in [3.63, 3.8) is 0 Å². The van der Waals surface area contributed by atoms with Gasteiger partial charge in [0, 0.05) is 46.0 Å². The summed E-state index contributed by atoms with van der Waals surface area (Å²) in [7, 11) is -0.502. The van der Waals surface area contributed by atoms with Gasteiger partial charge in [0.05, 0.1) is 16.3 Å². The summed E-state index contributed by atoms with van der Waals surface area (Å²) < 4.78 is 0. The molecule has 0 saturated heterocycles. The van der Waals surface area contributed by atoms with Gasteiger partial charge in [-0.2, -0.15) is 0 Å². The van der Waals surface area contributed by atoms with E-state index < -0.39 is 7.92 Å². The van der Waals surface area contributed by atoms with Crippen molar-refractivity contribution < 1.29 is 19.5 Å². The van der Waals surface area contributed by atoms with E-state index in [0.717, 1.165) is 0 Å². The van der Waals surface area contributed by atoms with Gasteiger partial charge < -0.3 is 15.0 Å². The maximum absolute atomic E-state index is 3.30. The molecule has 0 amide bonds. The molecule has 0 aliphatic carbocycles. The Morgan fingerprint density at radius 3 is 1.24 bits per heavy atom. The Kier molecular flexibility index (Phi) is 3.99. The molecule has 0 unspecified atom stereocenters. The first-order valence-electron chi connectivity index (χ1n) is 5.15. The molecule has 0 aromatic carbocycles. The van der Waals surface area contributed by atoms with Gasteiger partial charge in [-0.15, -0.1) is 0 Å². The van der Waals surface area contributed by atoms with Crippen LogP contribution in [0.4, 0.5) is 0 Å². The third-order valence-corrected chi connectivity index (χ3v) is 4.75. The Morgan fingerprint density at radius 2 is 1.00 bits per heavy atom. The fourth-order valence-electron chi connectivity index (χ4n) is 1.77. The van der Waals surface area contributed by atoms with Crippen LogP contribution in [0.15, 0.2) is 55.0 Å². The smallest absolute Gasteiger partial charge is 0.0506 e. The molecule has 0 aliphatic rings. The first kappa shape index (κ1) is 12.4. The summed E-state index contributed by atoms with van der Waals surface area (Å²) in [5.74, 6) is 0. The largest absolute Gasteiger partial charge is 0.361 e. The van der Waals surface area contributed by atoms with Crippen LogP contribution in [0, 0.1) is 0 Å². The monoisotopic (exact) mass is 332 g/mol. The van der Waals surface area contributed by atoms with Gasteiger partial charge in [0.25, 0.3) is 0 Å². The van der Waals surface area contributed by atoms with Crippen molar-refractivity contribution in [3.8, 4) is 0 Å². The van der Waals surface area contributed by atoms with Crippen molar-refractivity contribution in [2.24, 2.45) is 0 Å². The molecule has 0 aliphatic heterocycles. The third-order valence-electron chi connectivity index (χ3n) is 2.47. The van der Waals surface area contributed by atoms with Crippen molar-refractivity contribution in [1.29, 1.82) is 0 Å². The second-order valence-corrected chi connectivity index (χ2v) is 5.62. The molecule has 17 heavy (non-hydrogen) atoms. The van der Waals surface area contributed by atoms with E-state index in [4.69, 9.17) is 0 Å². The molecule has 0 bridgehead atoms. The van der Waals surface area contributed by atoms with E-state index in [1.807, 2.05) is 36.8 Å². The molecule has 3 nitrogen and oxygen atoms in total. The van der Waals surface area contributed by atoms with E-state index in [-0.39, 0.29) is 19.5 Å². The topological polar surface area (TPSA) is 47.4 Å². The van der Waals surface area contributed by atoms with Gasteiger partial charge >= 0.3 is 0 Å². The van der Waals surface area contributed by atoms with E-state index in [1.54, 1.807) is 0 Å². The number of aromatic nitrogens is 3. The molecular weight excluding hydrogens is 320 g/mol. The van der Waals surface area contributed by atoms with E-state index in [0.29, 0.717) is 0 Å². The van der Waals surface area contributed by atoms with Crippen LogP contribution in [0.5, 0.6) is 0 Å². The summed E-state index contributed by atoms with van der Waals surface area (Å²) in [4.78, 5) is 9.91. The summed E-state index contributed by atoms with van der Waals surface area (Å²) in [5, 5.41) is 0. The minimum absolute atomic E-state index is 0. The Labute approximate surface area is 114 Å². The SMILES string of the molecule is [Rh].c1c[nH]c(P(c2ccc[nH]2)c2ccc[nH]2)c1. The zero-order valence-corrected chi connectivity index (χ0v) is 11.5. The van der Waals surface area contributed by atoms with Crippen molar-refractivity contribution in [2.75, 3.05) is 0 Å². The summed E-state index contributed by atoms with van der Waals surface area (Å²) in [6, 6.07) is 12.5. The number of rotatable bonds is 3. The van der Waals surface area contributed by atoms with E-state index >= 15 is 0 Å². The number of H-pyrrole nitrogens is 3. The van der Waals surface area contributed by atoms with E-state index in [2.05, 4.69) is 33.2 Å². The van der Waals surface area contributed by atoms with Crippen LogP contribution in [0.25, 0.3) is 0 Å². The first-order valence-corrected chi connectivity index (χ1v) is 6.49. The van der Waals surface area contributed by atoms with Crippen LogP contribution in [-0.2, 0) is 19.5 Å². The number of hydrogen-bond donors (Lipinski definition) is 3. The molecule has 0 spiro atoms. The number of nitrogens with one attached hydrogen (secondary N) is 3. The average molecular weight is 332 g/mol. The molecule has 3 heterocycles. The number of aromatic amines is 3. The second-order valence-electron chi connectivity index (χ2n) is 3.50. The Morgan fingerprint density at radius 1 is 0.647 bits per heavy atom. The molecule has 3 rings (SSSR count). The molecular formula is C12H12N3PRh. The molecule has 0 saturated carbocycles. The van der Waals surface area contributed by atoms with Gasteiger partial charge in [-0.05, 0) is 36.4 Å². The fraction of sp³-hybridized carbons (Fsp3) is 0. The van der Waals surface area contributed by atoms with Gasteiger partial charge in [-0.3, -0.25) is 0 Å². The van der Waals surface area contributed by atoms with Gasteiger partial charge in [-0.1, -0.05) is 0 Å². The van der Waals surface area contributed by atoms with Crippen LogP contribution >= 0.6 is 7.92 Å². The minimum atomic E-state index is -0.502. The van der Waals surface area contributed by atoms with Crippen molar-refractivity contribution in [2.45, 2.75) is 0 Å².